The molecule has 8 nitrogen and oxygen atoms in total. The van der Waals surface area contributed by atoms with E-state index in [1.165, 1.54) is 7.11 Å². The Kier molecular flexibility index (Phi) is 14.8. The first-order chi connectivity index (χ1) is 24.8. The predicted octanol–water partition coefficient (Wildman–Crippen LogP) is 8.34. The zero-order valence-corrected chi connectivity index (χ0v) is 33.5. The van der Waals surface area contributed by atoms with Crippen LogP contribution in [0.1, 0.15) is 51.8 Å². The van der Waals surface area contributed by atoms with Gasteiger partial charge in [0.05, 0.1) is 33.7 Å². The maximum absolute atomic E-state index is 12.9. The van der Waals surface area contributed by atoms with Crippen molar-refractivity contribution < 1.29 is 38.1 Å². The van der Waals surface area contributed by atoms with Crippen molar-refractivity contribution in [3.05, 3.63) is 124 Å². The standard InChI is InChI=1S/C42H54O8Si2/c1-47-40-27-32(10-8-24-52(5,6)50-51(3,4)23-7-9-31-19-21-38(44)37(26-31)30-43)20-22-39(40)49-42(46)29-36-17-13-34(14-18-36)25-33-11-15-35(16-12-33)28-41(45)48-2/h11-22,26-27,43-44H,7-10,23-25,28-30H2,1-6H3. The van der Waals surface area contributed by atoms with Crippen LogP contribution in [-0.4, -0.2) is 53.0 Å². The molecular weight excluding hydrogens is 689 g/mol. The molecule has 0 aliphatic rings. The third-order valence-electron chi connectivity index (χ3n) is 9.19. The van der Waals surface area contributed by atoms with E-state index in [4.69, 9.17) is 18.3 Å². The van der Waals surface area contributed by atoms with Gasteiger partial charge in [0.15, 0.2) is 28.1 Å². The zero-order valence-electron chi connectivity index (χ0n) is 31.5. The van der Waals surface area contributed by atoms with E-state index >= 15 is 0 Å². The van der Waals surface area contributed by atoms with Gasteiger partial charge in [-0.1, -0.05) is 60.7 Å². The molecule has 0 heterocycles. The molecule has 0 saturated carbocycles. The van der Waals surface area contributed by atoms with Gasteiger partial charge in [-0.3, -0.25) is 9.59 Å². The third-order valence-corrected chi connectivity index (χ3v) is 16.7. The van der Waals surface area contributed by atoms with E-state index in [2.05, 4.69) is 26.2 Å². The van der Waals surface area contributed by atoms with E-state index in [9.17, 15) is 19.8 Å². The van der Waals surface area contributed by atoms with Crippen LogP contribution in [-0.2, 0) is 57.2 Å². The topological polar surface area (TPSA) is 112 Å². The van der Waals surface area contributed by atoms with Gasteiger partial charge < -0.3 is 28.5 Å². The lowest BCUT2D eigenvalue weighted by Gasteiger charge is -2.34. The van der Waals surface area contributed by atoms with Gasteiger partial charge in [0, 0.05) is 5.56 Å². The quantitative estimate of drug-likeness (QED) is 0.0561. The first kappa shape index (κ1) is 40.5. The number of benzene rings is 4. The molecule has 4 aromatic carbocycles. The van der Waals surface area contributed by atoms with Crippen molar-refractivity contribution in [2.45, 2.75) is 89.8 Å². The van der Waals surface area contributed by atoms with Crippen molar-refractivity contribution in [1.29, 1.82) is 0 Å². The smallest absolute Gasteiger partial charge is 0.315 e. The van der Waals surface area contributed by atoms with Gasteiger partial charge in [0.2, 0.25) is 0 Å². The second-order valence-electron chi connectivity index (χ2n) is 14.6. The number of aromatic hydroxyl groups is 1. The summed E-state index contributed by atoms with van der Waals surface area (Å²) in [6.45, 7) is 9.05. The van der Waals surface area contributed by atoms with Crippen molar-refractivity contribution >= 4 is 28.6 Å². The molecule has 0 aliphatic carbocycles. The molecule has 0 atom stereocenters. The van der Waals surface area contributed by atoms with Gasteiger partial charge in [-0.15, -0.1) is 0 Å². The summed E-state index contributed by atoms with van der Waals surface area (Å²) in [7, 11) is -0.773. The molecular formula is C42H54O8Si2. The Morgan fingerprint density at radius 1 is 0.615 bits per heavy atom. The number of aliphatic hydroxyl groups is 1. The van der Waals surface area contributed by atoms with E-state index in [0.717, 1.165) is 77.6 Å². The average Bonchev–Trinajstić information content (AvgIpc) is 3.10. The number of methoxy groups -OCH3 is 2. The molecule has 278 valence electrons. The third kappa shape index (κ3) is 13.1. The largest absolute Gasteiger partial charge is 0.508 e. The maximum Gasteiger partial charge on any atom is 0.315 e. The number of carbonyl (C=O) groups excluding carboxylic acids is 2. The summed E-state index contributed by atoms with van der Waals surface area (Å²) in [6, 6.07) is 29.2. The van der Waals surface area contributed by atoms with Gasteiger partial charge in [-0.25, -0.2) is 0 Å². The molecule has 0 aromatic heterocycles. The number of rotatable bonds is 19. The summed E-state index contributed by atoms with van der Waals surface area (Å²) in [5.74, 6) is 0.483. The number of hydrogen-bond acceptors (Lipinski definition) is 8. The average molecular weight is 743 g/mol. The molecule has 10 heteroatoms. The lowest BCUT2D eigenvalue weighted by molar-refractivity contribution is -0.139. The van der Waals surface area contributed by atoms with Crippen LogP contribution in [0.5, 0.6) is 17.2 Å². The van der Waals surface area contributed by atoms with Crippen LogP contribution in [0.2, 0.25) is 38.3 Å². The SMILES string of the molecule is COC(=O)Cc1ccc(Cc2ccc(CC(=O)Oc3ccc(CCC[Si](C)(C)O[Si](C)(C)CCCc4ccc(O)c(CO)c4)cc3OC)cc2)cc1. The lowest BCUT2D eigenvalue weighted by atomic mass is 10.0. The van der Waals surface area contributed by atoms with E-state index in [0.29, 0.717) is 17.1 Å². The van der Waals surface area contributed by atoms with Crippen LogP contribution in [0, 0.1) is 0 Å². The van der Waals surface area contributed by atoms with Crippen molar-refractivity contribution in [3.63, 3.8) is 0 Å². The number of hydrogen-bond donors (Lipinski definition) is 2. The summed E-state index contributed by atoms with van der Waals surface area (Å²) in [5.41, 5.74) is 6.86. The highest BCUT2D eigenvalue weighted by molar-refractivity contribution is 6.84. The van der Waals surface area contributed by atoms with Crippen LogP contribution in [0.25, 0.3) is 0 Å². The Hall–Kier alpha value is -4.23. The molecule has 2 N–H and O–H groups in total. The molecule has 52 heavy (non-hydrogen) atoms. The fraction of sp³-hybridized carbons (Fsp3) is 0.381. The van der Waals surface area contributed by atoms with Gasteiger partial charge in [0.1, 0.15) is 5.75 Å². The molecule has 0 unspecified atom stereocenters. The highest BCUT2D eigenvalue weighted by Crippen LogP contribution is 2.31. The second-order valence-corrected chi connectivity index (χ2v) is 23.5. The Balaban J connectivity index is 1.21. The van der Waals surface area contributed by atoms with Crippen LogP contribution in [0.4, 0.5) is 0 Å². The first-order valence-electron chi connectivity index (χ1n) is 18.0. The Morgan fingerprint density at radius 3 is 1.62 bits per heavy atom. The Morgan fingerprint density at radius 2 is 1.10 bits per heavy atom. The van der Waals surface area contributed by atoms with E-state index in [1.807, 2.05) is 78.9 Å². The van der Waals surface area contributed by atoms with Crippen LogP contribution in [0.3, 0.4) is 0 Å². The predicted molar refractivity (Wildman–Crippen MR) is 210 cm³/mol. The Labute approximate surface area is 311 Å². The highest BCUT2D eigenvalue weighted by Gasteiger charge is 2.32. The van der Waals surface area contributed by atoms with Gasteiger partial charge >= 0.3 is 11.9 Å². The van der Waals surface area contributed by atoms with Crippen LogP contribution < -0.4 is 9.47 Å². The summed E-state index contributed by atoms with van der Waals surface area (Å²) < 4.78 is 22.9. The molecule has 0 bridgehead atoms. The number of carbonyl (C=O) groups is 2. The van der Waals surface area contributed by atoms with Gasteiger partial charge in [-0.05, 0) is 128 Å². The van der Waals surface area contributed by atoms with Crippen molar-refractivity contribution in [1.82, 2.24) is 0 Å². The first-order valence-corrected chi connectivity index (χ1v) is 24.2. The van der Waals surface area contributed by atoms with Crippen molar-refractivity contribution in [3.8, 4) is 17.2 Å². The fourth-order valence-electron chi connectivity index (χ4n) is 6.51. The normalized spacial score (nSPS) is 11.7. The van der Waals surface area contributed by atoms with Crippen molar-refractivity contribution in [2.75, 3.05) is 14.2 Å². The summed E-state index contributed by atoms with van der Waals surface area (Å²) >= 11 is 0. The zero-order chi connectivity index (χ0) is 37.7. The summed E-state index contributed by atoms with van der Waals surface area (Å²) in [6.07, 6.45) is 4.94. The van der Waals surface area contributed by atoms with E-state index < -0.39 is 16.6 Å². The molecule has 0 spiro atoms. The highest BCUT2D eigenvalue weighted by atomic mass is 28.4. The monoisotopic (exact) mass is 742 g/mol. The number of phenols is 1. The summed E-state index contributed by atoms with van der Waals surface area (Å²) in [4.78, 5) is 24.4. The van der Waals surface area contributed by atoms with Crippen LogP contribution in [0.15, 0.2) is 84.9 Å². The molecule has 0 amide bonds. The van der Waals surface area contributed by atoms with Gasteiger partial charge in [-0.2, -0.15) is 0 Å². The molecule has 4 aromatic rings. The maximum atomic E-state index is 12.9. The van der Waals surface area contributed by atoms with E-state index in [-0.39, 0.29) is 37.1 Å². The molecule has 0 aliphatic heterocycles. The lowest BCUT2D eigenvalue weighted by Crippen LogP contribution is -2.44. The van der Waals surface area contributed by atoms with Crippen LogP contribution >= 0.6 is 0 Å². The number of ether oxygens (including phenoxy) is 3. The number of aliphatic hydroxyl groups excluding tert-OH is 1. The summed E-state index contributed by atoms with van der Waals surface area (Å²) in [5, 5.41) is 19.3. The Bertz CT molecular complexity index is 1770. The molecule has 0 saturated heterocycles. The van der Waals surface area contributed by atoms with Gasteiger partial charge in [0.25, 0.3) is 0 Å². The fourth-order valence-corrected chi connectivity index (χ4v) is 15.4. The minimum atomic E-state index is -1.89. The minimum Gasteiger partial charge on any atom is -0.508 e. The minimum absolute atomic E-state index is 0.139. The van der Waals surface area contributed by atoms with Crippen molar-refractivity contribution in [2.24, 2.45) is 0 Å². The number of esters is 2. The molecule has 0 radical (unpaired) electrons. The molecule has 0 fully saturated rings. The van der Waals surface area contributed by atoms with E-state index in [1.54, 1.807) is 13.2 Å². The number of aryl methyl sites for hydroxylation is 2. The second kappa shape index (κ2) is 19.0. The molecule has 4 rings (SSSR count).